The Morgan fingerprint density at radius 2 is 2.00 bits per heavy atom. The lowest BCUT2D eigenvalue weighted by atomic mass is 10.1. The van der Waals surface area contributed by atoms with Crippen molar-refractivity contribution in [2.45, 2.75) is 13.0 Å². The molecule has 0 atom stereocenters. The highest BCUT2D eigenvalue weighted by atomic mass is 35.5. The first-order valence-corrected chi connectivity index (χ1v) is 6.39. The van der Waals surface area contributed by atoms with Crippen LogP contribution in [0.3, 0.4) is 0 Å². The summed E-state index contributed by atoms with van der Waals surface area (Å²) in [4.78, 5) is 36.5. The van der Waals surface area contributed by atoms with Crippen molar-refractivity contribution in [3.63, 3.8) is 0 Å². The van der Waals surface area contributed by atoms with Gasteiger partial charge in [-0.1, -0.05) is 29.8 Å². The molecule has 1 aromatic carbocycles. The van der Waals surface area contributed by atoms with E-state index in [1.54, 1.807) is 18.2 Å². The molecule has 0 bridgehead atoms. The van der Waals surface area contributed by atoms with Crippen LogP contribution in [0.1, 0.15) is 6.42 Å². The number of rotatable bonds is 4. The molecule has 8 heteroatoms. The predicted octanol–water partition coefficient (Wildman–Crippen LogP) is 0.438. The van der Waals surface area contributed by atoms with E-state index in [1.807, 2.05) is 0 Å². The number of primary amides is 1. The van der Waals surface area contributed by atoms with E-state index in [2.05, 4.69) is 4.98 Å². The van der Waals surface area contributed by atoms with Crippen LogP contribution in [0.4, 0.5) is 0 Å². The number of aromatic nitrogens is 2. The Hall–Kier alpha value is -2.54. The lowest BCUT2D eigenvalue weighted by Gasteiger charge is -2.11. The highest BCUT2D eigenvalue weighted by Crippen LogP contribution is 2.30. The summed E-state index contributed by atoms with van der Waals surface area (Å²) in [6, 6.07) is 6.39. The Morgan fingerprint density at radius 3 is 2.62 bits per heavy atom. The number of H-pyrrole nitrogens is 1. The van der Waals surface area contributed by atoms with Crippen molar-refractivity contribution in [3.8, 4) is 17.0 Å². The number of hydrogen-bond donors (Lipinski definition) is 3. The van der Waals surface area contributed by atoms with E-state index in [4.69, 9.17) is 17.3 Å². The number of amides is 1. The van der Waals surface area contributed by atoms with E-state index >= 15 is 0 Å². The molecule has 0 saturated heterocycles. The van der Waals surface area contributed by atoms with Crippen LogP contribution in [-0.2, 0) is 11.3 Å². The second-order valence-corrected chi connectivity index (χ2v) is 4.71. The summed E-state index contributed by atoms with van der Waals surface area (Å²) in [7, 11) is 0. The number of carbonyl (C=O) groups excluding carboxylic acids is 1. The largest absolute Gasteiger partial charge is 0.494 e. The van der Waals surface area contributed by atoms with Gasteiger partial charge in [0.15, 0.2) is 0 Å². The molecule has 0 aliphatic rings. The SMILES string of the molecule is NC(=O)CCn1c(O)c(-c2ccccc2Cl)c(=O)[nH]c1=O. The molecule has 2 aromatic rings. The van der Waals surface area contributed by atoms with Gasteiger partial charge in [0, 0.05) is 23.6 Å². The monoisotopic (exact) mass is 309 g/mol. The molecule has 4 N–H and O–H groups in total. The molecule has 0 aliphatic heterocycles. The molecule has 0 spiro atoms. The highest BCUT2D eigenvalue weighted by Gasteiger charge is 2.18. The smallest absolute Gasteiger partial charge is 0.331 e. The summed E-state index contributed by atoms with van der Waals surface area (Å²) >= 11 is 6.00. The first-order chi connectivity index (χ1) is 9.91. The van der Waals surface area contributed by atoms with Crippen LogP contribution in [0, 0.1) is 0 Å². The quantitative estimate of drug-likeness (QED) is 0.759. The minimum Gasteiger partial charge on any atom is -0.494 e. The van der Waals surface area contributed by atoms with E-state index < -0.39 is 23.0 Å². The summed E-state index contributed by atoms with van der Waals surface area (Å²) in [6.45, 7) is -0.145. The average Bonchev–Trinajstić information content (AvgIpc) is 2.40. The number of nitrogens with two attached hydrogens (primary N) is 1. The first kappa shape index (κ1) is 14.9. The van der Waals surface area contributed by atoms with Crippen LogP contribution in [-0.4, -0.2) is 20.6 Å². The van der Waals surface area contributed by atoms with Crippen LogP contribution >= 0.6 is 11.6 Å². The third kappa shape index (κ3) is 2.97. The number of benzene rings is 1. The fraction of sp³-hybridized carbons (Fsp3) is 0.154. The second-order valence-electron chi connectivity index (χ2n) is 4.31. The third-order valence-electron chi connectivity index (χ3n) is 2.90. The Bertz CT molecular complexity index is 810. The molecular formula is C13H12ClN3O4. The number of aromatic amines is 1. The summed E-state index contributed by atoms with van der Waals surface area (Å²) < 4.78 is 0.866. The maximum Gasteiger partial charge on any atom is 0.331 e. The van der Waals surface area contributed by atoms with Crippen LogP contribution in [0.5, 0.6) is 5.88 Å². The van der Waals surface area contributed by atoms with Crippen LogP contribution in [0.15, 0.2) is 33.9 Å². The number of nitrogens with one attached hydrogen (secondary N) is 1. The molecule has 21 heavy (non-hydrogen) atoms. The molecule has 7 nitrogen and oxygen atoms in total. The Kier molecular flexibility index (Phi) is 4.13. The predicted molar refractivity (Wildman–Crippen MR) is 77.2 cm³/mol. The van der Waals surface area contributed by atoms with Crippen molar-refractivity contribution in [1.82, 2.24) is 9.55 Å². The topological polar surface area (TPSA) is 118 Å². The van der Waals surface area contributed by atoms with Gasteiger partial charge < -0.3 is 10.8 Å². The molecule has 0 radical (unpaired) electrons. The number of aromatic hydroxyl groups is 1. The van der Waals surface area contributed by atoms with Gasteiger partial charge in [-0.05, 0) is 6.07 Å². The second kappa shape index (κ2) is 5.84. The highest BCUT2D eigenvalue weighted by molar-refractivity contribution is 6.33. The van der Waals surface area contributed by atoms with Crippen molar-refractivity contribution < 1.29 is 9.90 Å². The van der Waals surface area contributed by atoms with Crippen molar-refractivity contribution in [2.75, 3.05) is 0 Å². The standard InChI is InChI=1S/C13H12ClN3O4/c14-8-4-2-1-3-7(8)10-11(19)16-13(21)17(12(10)20)6-5-9(15)18/h1-4,20H,5-6H2,(H2,15,18)(H,16,19,21). The van der Waals surface area contributed by atoms with Gasteiger partial charge in [0.1, 0.15) is 5.56 Å². The zero-order chi connectivity index (χ0) is 15.6. The van der Waals surface area contributed by atoms with E-state index in [0.717, 1.165) is 4.57 Å². The molecule has 0 aliphatic carbocycles. The summed E-state index contributed by atoms with van der Waals surface area (Å²) in [5, 5.41) is 10.4. The number of nitrogens with zero attached hydrogens (tertiary/aromatic N) is 1. The van der Waals surface area contributed by atoms with Crippen molar-refractivity contribution in [3.05, 3.63) is 50.1 Å². The van der Waals surface area contributed by atoms with Crippen molar-refractivity contribution in [1.29, 1.82) is 0 Å². The summed E-state index contributed by atoms with van der Waals surface area (Å²) in [5.41, 5.74) is 3.58. The fourth-order valence-corrected chi connectivity index (χ4v) is 2.13. The number of halogens is 1. The summed E-state index contributed by atoms with van der Waals surface area (Å²) in [6.07, 6.45) is -0.151. The minimum atomic E-state index is -0.824. The van der Waals surface area contributed by atoms with Gasteiger partial charge in [0.05, 0.1) is 0 Å². The zero-order valence-electron chi connectivity index (χ0n) is 10.8. The molecular weight excluding hydrogens is 298 g/mol. The Labute approximate surface area is 123 Å². The van der Waals surface area contributed by atoms with E-state index in [0.29, 0.717) is 0 Å². The van der Waals surface area contributed by atoms with Gasteiger partial charge in [-0.3, -0.25) is 19.1 Å². The third-order valence-corrected chi connectivity index (χ3v) is 3.23. The van der Waals surface area contributed by atoms with Gasteiger partial charge in [-0.15, -0.1) is 0 Å². The van der Waals surface area contributed by atoms with Gasteiger partial charge in [-0.2, -0.15) is 0 Å². The molecule has 0 fully saturated rings. The van der Waals surface area contributed by atoms with Crippen LogP contribution in [0.25, 0.3) is 11.1 Å². The fourth-order valence-electron chi connectivity index (χ4n) is 1.90. The molecule has 110 valence electrons. The zero-order valence-corrected chi connectivity index (χ0v) is 11.6. The van der Waals surface area contributed by atoms with Gasteiger partial charge in [0.2, 0.25) is 11.8 Å². The first-order valence-electron chi connectivity index (χ1n) is 6.01. The Morgan fingerprint density at radius 1 is 1.33 bits per heavy atom. The Balaban J connectivity index is 2.65. The maximum absolute atomic E-state index is 11.9. The van der Waals surface area contributed by atoms with Gasteiger partial charge >= 0.3 is 5.69 Å². The van der Waals surface area contributed by atoms with E-state index in [-0.39, 0.29) is 29.1 Å². The molecule has 1 heterocycles. The summed E-state index contributed by atoms with van der Waals surface area (Å²) in [5.74, 6) is -1.19. The van der Waals surface area contributed by atoms with Crippen molar-refractivity contribution in [2.24, 2.45) is 5.73 Å². The number of hydrogen-bond acceptors (Lipinski definition) is 4. The maximum atomic E-state index is 11.9. The lowest BCUT2D eigenvalue weighted by Crippen LogP contribution is -2.32. The molecule has 2 rings (SSSR count). The van der Waals surface area contributed by atoms with Crippen molar-refractivity contribution >= 4 is 17.5 Å². The van der Waals surface area contributed by atoms with Gasteiger partial charge in [0.25, 0.3) is 5.56 Å². The minimum absolute atomic E-state index is 0.135. The van der Waals surface area contributed by atoms with E-state index in [1.165, 1.54) is 6.07 Å². The lowest BCUT2D eigenvalue weighted by molar-refractivity contribution is -0.118. The molecule has 1 aromatic heterocycles. The van der Waals surface area contributed by atoms with Gasteiger partial charge in [-0.25, -0.2) is 4.79 Å². The molecule has 0 unspecified atom stereocenters. The van der Waals surface area contributed by atoms with Crippen LogP contribution < -0.4 is 17.0 Å². The molecule has 1 amide bonds. The number of carbonyl (C=O) groups is 1. The van der Waals surface area contributed by atoms with Crippen LogP contribution in [0.2, 0.25) is 5.02 Å². The normalized spacial score (nSPS) is 10.5. The average molecular weight is 310 g/mol. The van der Waals surface area contributed by atoms with E-state index in [9.17, 15) is 19.5 Å². The molecule has 0 saturated carbocycles.